The molecule has 2 rings (SSSR count). The maximum Gasteiger partial charge on any atom is 0.434 e. The largest absolute Gasteiger partial charge is 0.434 e. The Kier molecular flexibility index (Phi) is 2.75. The molecular weight excluding hydrogens is 285 g/mol. The molecule has 0 atom stereocenters. The van der Waals surface area contributed by atoms with Crippen molar-refractivity contribution in [1.82, 2.24) is 9.78 Å². The maximum absolute atomic E-state index is 12.5. The molecule has 0 aliphatic rings. The quantitative estimate of drug-likeness (QED) is 0.786. The molecular formula is C10H5BrF3N2. The highest BCUT2D eigenvalue weighted by Gasteiger charge is 2.35. The van der Waals surface area contributed by atoms with E-state index in [1.165, 1.54) is 0 Å². The third-order valence-electron chi connectivity index (χ3n) is 1.93. The van der Waals surface area contributed by atoms with Crippen LogP contribution in [0.4, 0.5) is 13.2 Å². The number of hydrogen-bond acceptors (Lipinski definition) is 1. The fourth-order valence-electron chi connectivity index (χ4n) is 1.25. The first kappa shape index (κ1) is 11.2. The molecule has 0 saturated carbocycles. The summed E-state index contributed by atoms with van der Waals surface area (Å²) in [4.78, 5) is 0. The van der Waals surface area contributed by atoms with Crippen LogP contribution >= 0.6 is 15.9 Å². The van der Waals surface area contributed by atoms with Gasteiger partial charge in [0, 0.05) is 10.5 Å². The number of benzene rings is 1. The summed E-state index contributed by atoms with van der Waals surface area (Å²) in [5.74, 6) is 0. The van der Waals surface area contributed by atoms with Gasteiger partial charge >= 0.3 is 6.18 Å². The van der Waals surface area contributed by atoms with Crippen molar-refractivity contribution in [3.05, 3.63) is 46.7 Å². The molecule has 6 heteroatoms. The third kappa shape index (κ3) is 2.11. The van der Waals surface area contributed by atoms with Gasteiger partial charge in [0.25, 0.3) is 0 Å². The molecule has 1 radical (unpaired) electrons. The summed E-state index contributed by atoms with van der Waals surface area (Å²) < 4.78 is 39.2. The molecule has 1 aromatic heterocycles. The topological polar surface area (TPSA) is 17.8 Å². The van der Waals surface area contributed by atoms with Crippen LogP contribution in [-0.2, 0) is 6.18 Å². The van der Waals surface area contributed by atoms with Crippen molar-refractivity contribution >= 4 is 15.9 Å². The molecule has 2 aromatic rings. The Labute approximate surface area is 97.8 Å². The zero-order valence-corrected chi connectivity index (χ0v) is 9.38. The van der Waals surface area contributed by atoms with E-state index >= 15 is 0 Å². The summed E-state index contributed by atoms with van der Waals surface area (Å²) in [5, 5.41) is 3.61. The lowest BCUT2D eigenvalue weighted by molar-refractivity contribution is -0.143. The fourth-order valence-corrected chi connectivity index (χ4v) is 1.51. The monoisotopic (exact) mass is 289 g/mol. The van der Waals surface area contributed by atoms with Crippen LogP contribution in [0.3, 0.4) is 0 Å². The van der Waals surface area contributed by atoms with Crippen molar-refractivity contribution in [2.45, 2.75) is 6.18 Å². The number of rotatable bonds is 1. The molecule has 0 saturated heterocycles. The minimum atomic E-state index is -4.45. The molecule has 0 N–H and O–H groups in total. The molecule has 0 spiro atoms. The zero-order valence-electron chi connectivity index (χ0n) is 7.79. The van der Waals surface area contributed by atoms with Crippen molar-refractivity contribution in [3.63, 3.8) is 0 Å². The third-order valence-corrected chi connectivity index (χ3v) is 2.45. The molecule has 83 valence electrons. The Morgan fingerprint density at radius 1 is 1.19 bits per heavy atom. The molecule has 0 bridgehead atoms. The van der Waals surface area contributed by atoms with E-state index in [4.69, 9.17) is 0 Å². The van der Waals surface area contributed by atoms with Gasteiger partial charge in [0.05, 0.1) is 11.9 Å². The van der Waals surface area contributed by atoms with Gasteiger partial charge in [-0.3, -0.25) is 0 Å². The molecule has 0 unspecified atom stereocenters. The first-order valence-corrected chi connectivity index (χ1v) is 5.06. The van der Waals surface area contributed by atoms with Crippen molar-refractivity contribution < 1.29 is 13.2 Å². The molecule has 16 heavy (non-hydrogen) atoms. The Morgan fingerprint density at radius 3 is 2.38 bits per heavy atom. The average molecular weight is 290 g/mol. The summed E-state index contributed by atoms with van der Waals surface area (Å²) in [6.07, 6.45) is -3.45. The van der Waals surface area contributed by atoms with E-state index < -0.39 is 11.9 Å². The van der Waals surface area contributed by atoms with Crippen molar-refractivity contribution in [2.24, 2.45) is 0 Å². The molecule has 2 nitrogen and oxygen atoms in total. The van der Waals surface area contributed by atoms with E-state index in [0.29, 0.717) is 5.69 Å². The predicted octanol–water partition coefficient (Wildman–Crippen LogP) is 3.45. The van der Waals surface area contributed by atoms with Gasteiger partial charge in [0.1, 0.15) is 0 Å². The second kappa shape index (κ2) is 3.93. The van der Waals surface area contributed by atoms with Gasteiger partial charge in [-0.25, -0.2) is 4.68 Å². The van der Waals surface area contributed by atoms with Crippen LogP contribution in [0.25, 0.3) is 5.69 Å². The van der Waals surface area contributed by atoms with Gasteiger partial charge in [-0.1, -0.05) is 15.9 Å². The van der Waals surface area contributed by atoms with E-state index in [1.807, 2.05) is 0 Å². The van der Waals surface area contributed by atoms with Gasteiger partial charge in [0.2, 0.25) is 0 Å². The molecule has 0 amide bonds. The number of hydrogen-bond donors (Lipinski definition) is 0. The smallest absolute Gasteiger partial charge is 0.228 e. The van der Waals surface area contributed by atoms with Gasteiger partial charge in [-0.2, -0.15) is 18.3 Å². The lowest BCUT2D eigenvalue weighted by Gasteiger charge is -2.09. The van der Waals surface area contributed by atoms with E-state index in [1.54, 1.807) is 24.3 Å². The minimum absolute atomic E-state index is 0.344. The lowest BCUT2D eigenvalue weighted by atomic mass is 10.3. The molecule has 1 aromatic carbocycles. The highest BCUT2D eigenvalue weighted by atomic mass is 79.9. The van der Waals surface area contributed by atoms with Crippen LogP contribution in [-0.4, -0.2) is 9.78 Å². The number of alkyl halides is 3. The number of nitrogens with zero attached hydrogens (tertiary/aromatic N) is 2. The van der Waals surface area contributed by atoms with E-state index in [9.17, 15) is 13.2 Å². The Bertz CT molecular complexity index is 488. The van der Waals surface area contributed by atoms with Crippen molar-refractivity contribution in [2.75, 3.05) is 0 Å². The van der Waals surface area contributed by atoms with Gasteiger partial charge < -0.3 is 0 Å². The first-order valence-electron chi connectivity index (χ1n) is 4.27. The molecule has 0 aliphatic heterocycles. The van der Waals surface area contributed by atoms with Crippen molar-refractivity contribution in [3.8, 4) is 5.69 Å². The van der Waals surface area contributed by atoms with Crippen LogP contribution in [0.1, 0.15) is 5.69 Å². The van der Waals surface area contributed by atoms with Crippen molar-refractivity contribution in [1.29, 1.82) is 0 Å². The van der Waals surface area contributed by atoms with Gasteiger partial charge in [-0.05, 0) is 24.3 Å². The van der Waals surface area contributed by atoms with E-state index in [2.05, 4.69) is 27.1 Å². The second-order valence-corrected chi connectivity index (χ2v) is 3.94. The normalized spacial score (nSPS) is 11.8. The SMILES string of the molecule is FC(F)(F)c1[c]cnn1-c1ccc(Br)cc1. The second-order valence-electron chi connectivity index (χ2n) is 3.02. The summed E-state index contributed by atoms with van der Waals surface area (Å²) in [7, 11) is 0. The first-order chi connectivity index (χ1) is 7.48. The highest BCUT2D eigenvalue weighted by molar-refractivity contribution is 9.10. The summed E-state index contributed by atoms with van der Waals surface area (Å²) in [6, 6.07) is 8.46. The summed E-state index contributed by atoms with van der Waals surface area (Å²) >= 11 is 3.21. The Balaban J connectivity index is 2.49. The lowest BCUT2D eigenvalue weighted by Crippen LogP contribution is -2.13. The molecule has 0 fully saturated rings. The number of halogens is 4. The average Bonchev–Trinajstić information content (AvgIpc) is 2.66. The Hall–Kier alpha value is -1.30. The van der Waals surface area contributed by atoms with E-state index in [-0.39, 0.29) is 0 Å². The highest BCUT2D eigenvalue weighted by Crippen LogP contribution is 2.30. The van der Waals surface area contributed by atoms with E-state index in [0.717, 1.165) is 15.4 Å². The standard InChI is InChI=1S/C10H5BrF3N2/c11-7-1-3-8(4-2-7)16-9(5-6-15-16)10(12,13)14/h1-4,6H. The van der Waals surface area contributed by atoms with Gasteiger partial charge in [0.15, 0.2) is 5.69 Å². The van der Waals surface area contributed by atoms with Crippen LogP contribution < -0.4 is 0 Å². The minimum Gasteiger partial charge on any atom is -0.228 e. The predicted molar refractivity (Wildman–Crippen MR) is 55.1 cm³/mol. The molecule has 0 aliphatic carbocycles. The summed E-state index contributed by atoms with van der Waals surface area (Å²) in [6.45, 7) is 0. The van der Waals surface area contributed by atoms with Crippen LogP contribution in [0, 0.1) is 6.07 Å². The van der Waals surface area contributed by atoms with Crippen LogP contribution in [0.5, 0.6) is 0 Å². The fraction of sp³-hybridized carbons (Fsp3) is 0.100. The van der Waals surface area contributed by atoms with Crippen LogP contribution in [0.2, 0.25) is 0 Å². The number of aromatic nitrogens is 2. The zero-order chi connectivity index (χ0) is 11.8. The van der Waals surface area contributed by atoms with Gasteiger partial charge in [-0.15, -0.1) is 0 Å². The van der Waals surface area contributed by atoms with Crippen LogP contribution in [0.15, 0.2) is 34.9 Å². The maximum atomic E-state index is 12.5. The summed E-state index contributed by atoms with van der Waals surface area (Å²) in [5.41, 5.74) is -0.563. The molecule has 1 heterocycles. The Morgan fingerprint density at radius 2 is 1.81 bits per heavy atom.